The van der Waals surface area contributed by atoms with Gasteiger partial charge in [0.15, 0.2) is 11.6 Å². The Morgan fingerprint density at radius 2 is 1.53 bits per heavy atom. The first-order chi connectivity index (χ1) is 8.97. The number of hydrogen-bond acceptors (Lipinski definition) is 1. The number of hydrogen-bond donors (Lipinski definition) is 1. The average Bonchev–Trinajstić information content (AvgIpc) is 2.32. The number of anilines is 1. The lowest BCUT2D eigenvalue weighted by Crippen LogP contribution is -2.02. The van der Waals surface area contributed by atoms with E-state index in [4.69, 9.17) is 23.2 Å². The third kappa shape index (κ3) is 3.33. The summed E-state index contributed by atoms with van der Waals surface area (Å²) in [6.45, 7) is 0.183. The van der Waals surface area contributed by atoms with E-state index in [0.717, 1.165) is 24.3 Å². The van der Waals surface area contributed by atoms with Crippen LogP contribution in [0.1, 0.15) is 5.56 Å². The summed E-state index contributed by atoms with van der Waals surface area (Å²) in [7, 11) is 0. The zero-order valence-electron chi connectivity index (χ0n) is 9.48. The van der Waals surface area contributed by atoms with Crippen molar-refractivity contribution in [2.24, 2.45) is 0 Å². The molecule has 2 aromatic rings. The number of halogens is 5. The summed E-state index contributed by atoms with van der Waals surface area (Å²) in [6, 6.07) is 5.74. The van der Waals surface area contributed by atoms with Crippen LogP contribution in [0.2, 0.25) is 10.0 Å². The highest BCUT2D eigenvalue weighted by atomic mass is 35.5. The normalized spacial score (nSPS) is 10.6. The smallest absolute Gasteiger partial charge is 0.159 e. The third-order valence-corrected chi connectivity index (χ3v) is 3.06. The summed E-state index contributed by atoms with van der Waals surface area (Å²) < 4.78 is 38.7. The first kappa shape index (κ1) is 14.0. The number of nitrogens with one attached hydrogen (secondary N) is 1. The van der Waals surface area contributed by atoms with Gasteiger partial charge < -0.3 is 5.32 Å². The van der Waals surface area contributed by atoms with Gasteiger partial charge in [-0.3, -0.25) is 0 Å². The molecule has 2 rings (SSSR count). The highest BCUT2D eigenvalue weighted by molar-refractivity contribution is 6.39. The van der Waals surface area contributed by atoms with Crippen LogP contribution in [0, 0.1) is 17.5 Å². The average molecular weight is 306 g/mol. The van der Waals surface area contributed by atoms with Gasteiger partial charge in [-0.25, -0.2) is 13.2 Å². The molecular formula is C13H8Cl2F3N. The minimum absolute atomic E-state index is 0.118. The highest BCUT2D eigenvalue weighted by Crippen LogP contribution is 2.31. The van der Waals surface area contributed by atoms with Gasteiger partial charge in [-0.15, -0.1) is 0 Å². The molecule has 0 saturated heterocycles. The van der Waals surface area contributed by atoms with E-state index >= 15 is 0 Å². The Morgan fingerprint density at radius 3 is 2.11 bits per heavy atom. The summed E-state index contributed by atoms with van der Waals surface area (Å²) in [4.78, 5) is 0. The SMILES string of the molecule is Fc1cc(Cl)c(NCc2ccc(F)c(F)c2)c(Cl)c1. The maximum absolute atomic E-state index is 13.0. The predicted molar refractivity (Wildman–Crippen MR) is 70.1 cm³/mol. The molecule has 2 aromatic carbocycles. The summed E-state index contributed by atoms with van der Waals surface area (Å²) in [5.74, 6) is -2.40. The molecule has 0 unspecified atom stereocenters. The van der Waals surface area contributed by atoms with Gasteiger partial charge in [0.1, 0.15) is 5.82 Å². The Hall–Kier alpha value is -1.39. The lowest BCUT2D eigenvalue weighted by molar-refractivity contribution is 0.507. The van der Waals surface area contributed by atoms with Gasteiger partial charge in [0, 0.05) is 6.54 Å². The molecule has 0 spiro atoms. The molecule has 0 aliphatic carbocycles. The zero-order valence-corrected chi connectivity index (χ0v) is 11.0. The molecule has 0 fully saturated rings. The molecule has 0 saturated carbocycles. The fourth-order valence-corrected chi connectivity index (χ4v) is 2.15. The van der Waals surface area contributed by atoms with Crippen LogP contribution >= 0.6 is 23.2 Å². The number of benzene rings is 2. The molecule has 0 amide bonds. The minimum atomic E-state index is -0.935. The molecule has 0 heterocycles. The van der Waals surface area contributed by atoms with Crippen molar-refractivity contribution in [2.75, 3.05) is 5.32 Å². The summed E-state index contributed by atoms with van der Waals surface area (Å²) in [5, 5.41) is 3.09. The second-order valence-electron chi connectivity index (χ2n) is 3.85. The second kappa shape index (κ2) is 5.72. The van der Waals surface area contributed by atoms with E-state index < -0.39 is 17.5 Å². The van der Waals surface area contributed by atoms with E-state index in [1.165, 1.54) is 6.07 Å². The lowest BCUT2D eigenvalue weighted by Gasteiger charge is -2.11. The molecular weight excluding hydrogens is 298 g/mol. The van der Waals surface area contributed by atoms with Gasteiger partial charge in [0.2, 0.25) is 0 Å². The van der Waals surface area contributed by atoms with Crippen LogP contribution in [0.25, 0.3) is 0 Å². The van der Waals surface area contributed by atoms with E-state index in [9.17, 15) is 13.2 Å². The van der Waals surface area contributed by atoms with Crippen LogP contribution < -0.4 is 5.32 Å². The van der Waals surface area contributed by atoms with Crippen molar-refractivity contribution in [3.8, 4) is 0 Å². The van der Waals surface area contributed by atoms with E-state index in [-0.39, 0.29) is 16.6 Å². The Labute approximate surface area is 118 Å². The molecule has 6 heteroatoms. The van der Waals surface area contributed by atoms with Crippen molar-refractivity contribution in [1.82, 2.24) is 0 Å². The molecule has 1 nitrogen and oxygen atoms in total. The molecule has 0 bridgehead atoms. The van der Waals surface area contributed by atoms with E-state index in [1.807, 2.05) is 0 Å². The van der Waals surface area contributed by atoms with E-state index in [0.29, 0.717) is 11.3 Å². The topological polar surface area (TPSA) is 12.0 Å². The minimum Gasteiger partial charge on any atom is -0.379 e. The van der Waals surface area contributed by atoms with Crippen LogP contribution in [0.15, 0.2) is 30.3 Å². The summed E-state index contributed by atoms with van der Waals surface area (Å²) in [6.07, 6.45) is 0. The quantitative estimate of drug-likeness (QED) is 0.839. The summed E-state index contributed by atoms with van der Waals surface area (Å²) >= 11 is 11.7. The van der Waals surface area contributed by atoms with Gasteiger partial charge in [0.05, 0.1) is 15.7 Å². The molecule has 0 aliphatic heterocycles. The third-order valence-electron chi connectivity index (χ3n) is 2.46. The maximum Gasteiger partial charge on any atom is 0.159 e. The Morgan fingerprint density at radius 1 is 0.895 bits per heavy atom. The van der Waals surface area contributed by atoms with E-state index in [2.05, 4.69) is 5.32 Å². The van der Waals surface area contributed by atoms with Crippen LogP contribution in [-0.4, -0.2) is 0 Å². The fraction of sp³-hybridized carbons (Fsp3) is 0.0769. The maximum atomic E-state index is 13.0. The molecule has 100 valence electrons. The molecule has 0 atom stereocenters. The Kier molecular flexibility index (Phi) is 4.22. The van der Waals surface area contributed by atoms with Crippen molar-refractivity contribution in [1.29, 1.82) is 0 Å². The van der Waals surface area contributed by atoms with Crippen molar-refractivity contribution in [3.63, 3.8) is 0 Å². The van der Waals surface area contributed by atoms with Crippen LogP contribution in [0.4, 0.5) is 18.9 Å². The van der Waals surface area contributed by atoms with Crippen LogP contribution in [0.5, 0.6) is 0 Å². The zero-order chi connectivity index (χ0) is 14.0. The van der Waals surface area contributed by atoms with Gasteiger partial charge in [-0.1, -0.05) is 29.3 Å². The van der Waals surface area contributed by atoms with Crippen molar-refractivity contribution in [3.05, 3.63) is 63.4 Å². The largest absolute Gasteiger partial charge is 0.379 e. The molecule has 0 radical (unpaired) electrons. The van der Waals surface area contributed by atoms with Gasteiger partial charge in [-0.2, -0.15) is 0 Å². The predicted octanol–water partition coefficient (Wildman–Crippen LogP) is 5.02. The lowest BCUT2D eigenvalue weighted by atomic mass is 10.2. The molecule has 0 aliphatic rings. The van der Waals surface area contributed by atoms with Crippen LogP contribution in [-0.2, 0) is 6.54 Å². The standard InChI is InChI=1S/C13H8Cl2F3N/c14-9-4-8(16)5-10(15)13(9)19-6-7-1-2-11(17)12(18)3-7/h1-5,19H,6H2. The highest BCUT2D eigenvalue weighted by Gasteiger charge is 2.09. The monoisotopic (exact) mass is 305 g/mol. The van der Waals surface area contributed by atoms with Crippen molar-refractivity contribution < 1.29 is 13.2 Å². The first-order valence-corrected chi connectivity index (χ1v) is 6.05. The summed E-state index contributed by atoms with van der Waals surface area (Å²) in [5.41, 5.74) is 0.852. The van der Waals surface area contributed by atoms with Gasteiger partial charge in [-0.05, 0) is 29.8 Å². The van der Waals surface area contributed by atoms with Crippen molar-refractivity contribution in [2.45, 2.75) is 6.54 Å². The number of rotatable bonds is 3. The molecule has 0 aromatic heterocycles. The van der Waals surface area contributed by atoms with Crippen LogP contribution in [0.3, 0.4) is 0 Å². The van der Waals surface area contributed by atoms with Gasteiger partial charge in [0.25, 0.3) is 0 Å². The fourth-order valence-electron chi connectivity index (χ4n) is 1.55. The Balaban J connectivity index is 2.16. The second-order valence-corrected chi connectivity index (χ2v) is 4.66. The molecule has 1 N–H and O–H groups in total. The Bertz CT molecular complexity index is 594. The first-order valence-electron chi connectivity index (χ1n) is 5.29. The molecule has 19 heavy (non-hydrogen) atoms. The van der Waals surface area contributed by atoms with Gasteiger partial charge >= 0.3 is 0 Å². The van der Waals surface area contributed by atoms with E-state index in [1.54, 1.807) is 0 Å². The van der Waals surface area contributed by atoms with Crippen molar-refractivity contribution >= 4 is 28.9 Å².